The van der Waals surface area contributed by atoms with E-state index in [4.69, 9.17) is 0 Å². The second kappa shape index (κ2) is 6.54. The topological polar surface area (TPSA) is 118 Å². The van der Waals surface area contributed by atoms with Crippen LogP contribution in [0.5, 0.6) is 0 Å². The summed E-state index contributed by atoms with van der Waals surface area (Å²) in [6, 6.07) is 4.87. The molecule has 1 fully saturated rings. The summed E-state index contributed by atoms with van der Waals surface area (Å²) in [7, 11) is 0. The molecule has 1 aliphatic rings. The fraction of sp³-hybridized carbons (Fsp3) is 0.312. The molecule has 1 aliphatic heterocycles. The second-order valence-corrected chi connectivity index (χ2v) is 6.21. The van der Waals surface area contributed by atoms with Crippen LogP contribution in [0.15, 0.2) is 30.5 Å². The summed E-state index contributed by atoms with van der Waals surface area (Å²) in [6.07, 6.45) is 1.26. The van der Waals surface area contributed by atoms with Crippen LogP contribution in [0.25, 0.3) is 5.69 Å². The lowest BCUT2D eigenvalue weighted by atomic mass is 9.86. The lowest BCUT2D eigenvalue weighted by Crippen LogP contribution is -2.58. The summed E-state index contributed by atoms with van der Waals surface area (Å²) in [5.41, 5.74) is -0.704. The zero-order chi connectivity index (χ0) is 18.9. The number of aromatic nitrogens is 3. The molecule has 9 nitrogen and oxygen atoms in total. The van der Waals surface area contributed by atoms with Crippen LogP contribution in [0.3, 0.4) is 0 Å². The van der Waals surface area contributed by atoms with Crippen molar-refractivity contribution in [3.8, 4) is 5.69 Å². The number of nitrogens with one attached hydrogen (secondary N) is 3. The number of nitrogens with zero attached hydrogens (tertiary/aromatic N) is 3. The van der Waals surface area contributed by atoms with Crippen LogP contribution in [0.4, 0.5) is 9.18 Å². The van der Waals surface area contributed by atoms with E-state index in [-0.39, 0.29) is 18.2 Å². The molecule has 3 N–H and O–H groups in total. The third-order valence-electron chi connectivity index (χ3n) is 4.26. The van der Waals surface area contributed by atoms with Gasteiger partial charge in [0.05, 0.1) is 18.4 Å². The molecule has 0 bridgehead atoms. The molecule has 2 aromatic rings. The smallest absolute Gasteiger partial charge is 0.322 e. The van der Waals surface area contributed by atoms with E-state index >= 15 is 0 Å². The third-order valence-corrected chi connectivity index (χ3v) is 4.26. The standard InChI is InChI=1S/C16H17FN6O3/c1-9(2)16(14(25)20-15(26)21-16)8-18-13(24)12-7-19-23(22-12)11-5-3-10(17)4-6-11/h3-7,9H,8H2,1-2H3,(H,18,24)(H2,20,21,25,26)/t16-/m0/s1. The Morgan fingerprint density at radius 3 is 2.58 bits per heavy atom. The van der Waals surface area contributed by atoms with Gasteiger partial charge in [-0.05, 0) is 30.2 Å². The minimum Gasteiger partial charge on any atom is -0.348 e. The Kier molecular flexibility index (Phi) is 4.41. The van der Waals surface area contributed by atoms with Gasteiger partial charge >= 0.3 is 6.03 Å². The fourth-order valence-electron chi connectivity index (χ4n) is 2.62. The van der Waals surface area contributed by atoms with Crippen molar-refractivity contribution in [1.82, 2.24) is 30.9 Å². The molecule has 4 amide bonds. The van der Waals surface area contributed by atoms with E-state index in [9.17, 15) is 18.8 Å². The van der Waals surface area contributed by atoms with Crippen LogP contribution < -0.4 is 16.0 Å². The molecule has 0 radical (unpaired) electrons. The van der Waals surface area contributed by atoms with Gasteiger partial charge in [0.25, 0.3) is 11.8 Å². The molecular weight excluding hydrogens is 343 g/mol. The number of hydrogen-bond acceptors (Lipinski definition) is 5. The van der Waals surface area contributed by atoms with E-state index in [1.165, 1.54) is 35.3 Å². The van der Waals surface area contributed by atoms with Gasteiger partial charge in [0.15, 0.2) is 5.69 Å². The summed E-state index contributed by atoms with van der Waals surface area (Å²) in [6.45, 7) is 3.44. The molecule has 10 heteroatoms. The number of amides is 4. The molecule has 0 saturated carbocycles. The number of imide groups is 1. The maximum atomic E-state index is 13.0. The Labute approximate surface area is 147 Å². The van der Waals surface area contributed by atoms with Gasteiger partial charge in [0, 0.05) is 0 Å². The highest BCUT2D eigenvalue weighted by molar-refractivity contribution is 6.07. The van der Waals surface area contributed by atoms with Gasteiger partial charge in [-0.25, -0.2) is 9.18 Å². The minimum absolute atomic E-state index is 0.0259. The first-order chi connectivity index (χ1) is 12.3. The molecule has 0 spiro atoms. The van der Waals surface area contributed by atoms with Crippen LogP contribution in [0.2, 0.25) is 0 Å². The van der Waals surface area contributed by atoms with Gasteiger partial charge in [0.2, 0.25) is 0 Å². The number of benzene rings is 1. The first kappa shape index (κ1) is 17.5. The monoisotopic (exact) mass is 360 g/mol. The number of carbonyl (C=O) groups is 3. The zero-order valence-electron chi connectivity index (χ0n) is 14.1. The molecule has 3 rings (SSSR count). The summed E-state index contributed by atoms with van der Waals surface area (Å²) in [5.74, 6) is -1.68. The maximum absolute atomic E-state index is 13.0. The molecule has 2 heterocycles. The average molecular weight is 360 g/mol. The first-order valence-corrected chi connectivity index (χ1v) is 7.92. The second-order valence-electron chi connectivity index (χ2n) is 6.21. The summed E-state index contributed by atoms with van der Waals surface area (Å²) in [4.78, 5) is 37.1. The molecule has 26 heavy (non-hydrogen) atoms. The molecule has 1 aromatic heterocycles. The first-order valence-electron chi connectivity index (χ1n) is 7.92. The van der Waals surface area contributed by atoms with Crippen molar-refractivity contribution >= 4 is 17.8 Å². The number of hydrogen-bond donors (Lipinski definition) is 3. The number of urea groups is 1. The number of halogens is 1. The van der Waals surface area contributed by atoms with Crippen molar-refractivity contribution < 1.29 is 18.8 Å². The molecule has 1 aromatic carbocycles. The predicted molar refractivity (Wildman–Crippen MR) is 87.9 cm³/mol. The molecular formula is C16H17FN6O3. The molecule has 136 valence electrons. The van der Waals surface area contributed by atoms with E-state index in [1.54, 1.807) is 13.8 Å². The van der Waals surface area contributed by atoms with E-state index in [1.807, 2.05) is 0 Å². The van der Waals surface area contributed by atoms with E-state index in [0.29, 0.717) is 5.69 Å². The van der Waals surface area contributed by atoms with Crippen molar-refractivity contribution in [3.63, 3.8) is 0 Å². The van der Waals surface area contributed by atoms with Gasteiger partial charge in [0.1, 0.15) is 11.4 Å². The Morgan fingerprint density at radius 2 is 2.00 bits per heavy atom. The summed E-state index contributed by atoms with van der Waals surface area (Å²) in [5, 5.41) is 15.4. The van der Waals surface area contributed by atoms with Gasteiger partial charge < -0.3 is 10.6 Å². The van der Waals surface area contributed by atoms with Crippen LogP contribution in [-0.2, 0) is 4.79 Å². The predicted octanol–water partition coefficient (Wildman–Crippen LogP) is 0.370. The molecule has 0 unspecified atom stereocenters. The van der Waals surface area contributed by atoms with Gasteiger partial charge in [-0.3, -0.25) is 14.9 Å². The highest BCUT2D eigenvalue weighted by atomic mass is 19.1. The highest BCUT2D eigenvalue weighted by Gasteiger charge is 2.48. The van der Waals surface area contributed by atoms with Gasteiger partial charge in [-0.15, -0.1) is 5.10 Å². The van der Waals surface area contributed by atoms with Crippen LogP contribution >= 0.6 is 0 Å². The van der Waals surface area contributed by atoms with Crippen LogP contribution in [0.1, 0.15) is 24.3 Å². The van der Waals surface area contributed by atoms with E-state index < -0.39 is 29.2 Å². The Bertz CT molecular complexity index is 863. The van der Waals surface area contributed by atoms with Crippen LogP contribution in [0, 0.1) is 11.7 Å². The zero-order valence-corrected chi connectivity index (χ0v) is 14.1. The van der Waals surface area contributed by atoms with Crippen LogP contribution in [-0.4, -0.2) is 44.9 Å². The maximum Gasteiger partial charge on any atom is 0.322 e. The van der Waals surface area contributed by atoms with E-state index in [0.717, 1.165) is 0 Å². The minimum atomic E-state index is -1.22. The van der Waals surface area contributed by atoms with Gasteiger partial charge in [-0.2, -0.15) is 9.90 Å². The quantitative estimate of drug-likeness (QED) is 0.666. The summed E-state index contributed by atoms with van der Waals surface area (Å²) >= 11 is 0. The Morgan fingerprint density at radius 1 is 1.31 bits per heavy atom. The van der Waals surface area contributed by atoms with Crippen molar-refractivity contribution in [2.24, 2.45) is 5.92 Å². The average Bonchev–Trinajstić information content (AvgIpc) is 3.18. The molecule has 1 saturated heterocycles. The van der Waals surface area contributed by atoms with Gasteiger partial charge in [-0.1, -0.05) is 13.8 Å². The normalized spacial score (nSPS) is 19.4. The SMILES string of the molecule is CC(C)[C@]1(CNC(=O)c2cnn(-c3ccc(F)cc3)n2)NC(=O)NC1=O. The van der Waals surface area contributed by atoms with Crippen molar-refractivity contribution in [2.75, 3.05) is 6.54 Å². The lowest BCUT2D eigenvalue weighted by molar-refractivity contribution is -0.125. The van der Waals surface area contributed by atoms with Crippen molar-refractivity contribution in [3.05, 3.63) is 42.0 Å². The Hall–Kier alpha value is -3.30. The molecule has 1 atom stereocenters. The van der Waals surface area contributed by atoms with Crippen molar-refractivity contribution in [2.45, 2.75) is 19.4 Å². The summed E-state index contributed by atoms with van der Waals surface area (Å²) < 4.78 is 13.0. The van der Waals surface area contributed by atoms with E-state index in [2.05, 4.69) is 26.1 Å². The highest BCUT2D eigenvalue weighted by Crippen LogP contribution is 2.20. The largest absolute Gasteiger partial charge is 0.348 e. The fourth-order valence-corrected chi connectivity index (χ4v) is 2.62. The van der Waals surface area contributed by atoms with Crippen molar-refractivity contribution in [1.29, 1.82) is 0 Å². The lowest BCUT2D eigenvalue weighted by Gasteiger charge is -2.30. The molecule has 0 aliphatic carbocycles. The number of carbonyl (C=O) groups excluding carboxylic acids is 3. The third kappa shape index (κ3) is 3.13. The Balaban J connectivity index is 1.71. The number of rotatable bonds is 5.